The van der Waals surface area contributed by atoms with E-state index in [1.807, 2.05) is 26.0 Å². The van der Waals surface area contributed by atoms with Crippen LogP contribution < -0.4 is 5.23 Å². The third kappa shape index (κ3) is 4.63. The quantitative estimate of drug-likeness (QED) is 0.585. The summed E-state index contributed by atoms with van der Waals surface area (Å²) in [6, 6.07) is 6.83. The number of ketones is 1. The third-order valence-corrected chi connectivity index (χ3v) is 4.07. The number of anilines is 1. The molecule has 0 unspecified atom stereocenters. The van der Waals surface area contributed by atoms with E-state index in [0.717, 1.165) is 12.0 Å². The van der Waals surface area contributed by atoms with Crippen LogP contribution >= 0.6 is 23.2 Å². The van der Waals surface area contributed by atoms with Crippen molar-refractivity contribution in [3.05, 3.63) is 29.8 Å². The van der Waals surface area contributed by atoms with Crippen molar-refractivity contribution in [2.75, 3.05) is 5.23 Å². The Kier molecular flexibility index (Phi) is 6.76. The van der Waals surface area contributed by atoms with Crippen molar-refractivity contribution in [1.82, 2.24) is 0 Å². The Morgan fingerprint density at radius 1 is 1.25 bits per heavy atom. The van der Waals surface area contributed by atoms with E-state index >= 15 is 0 Å². The predicted molar refractivity (Wildman–Crippen MR) is 79.8 cm³/mol. The van der Waals surface area contributed by atoms with Gasteiger partial charge >= 0.3 is 0 Å². The predicted octanol–water partition coefficient (Wildman–Crippen LogP) is 4.16. The maximum absolute atomic E-state index is 11.7. The normalized spacial score (nSPS) is 14.2. The average molecular weight is 320 g/mol. The Hall–Kier alpha value is -0.810. The van der Waals surface area contributed by atoms with Gasteiger partial charge in [0.2, 0.25) is 0 Å². The minimum absolute atomic E-state index is 0.0703. The van der Waals surface area contributed by atoms with Crippen molar-refractivity contribution < 1.29 is 15.2 Å². The zero-order valence-electron chi connectivity index (χ0n) is 11.5. The fourth-order valence-electron chi connectivity index (χ4n) is 2.21. The Balaban J connectivity index is 2.80. The van der Waals surface area contributed by atoms with Crippen molar-refractivity contribution in [2.24, 2.45) is 5.92 Å². The second-order valence-corrected chi connectivity index (χ2v) is 5.91. The molecule has 1 aromatic carbocycles. The van der Waals surface area contributed by atoms with Crippen LogP contribution in [0.2, 0.25) is 0 Å². The van der Waals surface area contributed by atoms with E-state index in [9.17, 15) is 4.79 Å². The van der Waals surface area contributed by atoms with Gasteiger partial charge in [-0.3, -0.25) is 15.2 Å². The Morgan fingerprint density at radius 3 is 2.20 bits per heavy atom. The number of carbonyl (C=O) groups excluding carboxylic acids is 1. The van der Waals surface area contributed by atoms with Crippen LogP contribution in [0.5, 0.6) is 0 Å². The number of halogens is 2. The first-order chi connectivity index (χ1) is 9.36. The summed E-state index contributed by atoms with van der Waals surface area (Å²) in [7, 11) is 0. The average Bonchev–Trinajstić information content (AvgIpc) is 2.43. The summed E-state index contributed by atoms with van der Waals surface area (Å²) in [5, 5.41) is 17.9. The summed E-state index contributed by atoms with van der Waals surface area (Å²) in [5.41, 5.74) is 1.31. The van der Waals surface area contributed by atoms with Gasteiger partial charge in [-0.15, -0.1) is 5.23 Å². The van der Waals surface area contributed by atoms with Gasteiger partial charge in [-0.05, 0) is 29.5 Å². The molecule has 0 aliphatic rings. The molecule has 0 radical (unpaired) electrons. The molecule has 0 bridgehead atoms. The number of Topliss-reactive ketones (excluding diaryl/α,β-unsaturated/α-hetero) is 1. The number of alkyl halides is 2. The number of hydrogen-bond acceptors (Lipinski definition) is 4. The van der Waals surface area contributed by atoms with E-state index in [1.165, 1.54) is 0 Å². The molecule has 6 heteroatoms. The van der Waals surface area contributed by atoms with Crippen LogP contribution in [-0.2, 0) is 4.79 Å². The van der Waals surface area contributed by atoms with Gasteiger partial charge < -0.3 is 0 Å². The molecule has 20 heavy (non-hydrogen) atoms. The molecule has 2 N–H and O–H groups in total. The minimum atomic E-state index is -0.976. The molecule has 0 saturated heterocycles. The lowest BCUT2D eigenvalue weighted by molar-refractivity contribution is -0.118. The van der Waals surface area contributed by atoms with Gasteiger partial charge in [0.15, 0.2) is 10.6 Å². The number of nitrogens with zero attached hydrogens (tertiary/aromatic N) is 1. The second-order valence-electron chi connectivity index (χ2n) is 4.81. The maximum atomic E-state index is 11.7. The first kappa shape index (κ1) is 17.2. The number of carbonyl (C=O) groups is 1. The summed E-state index contributed by atoms with van der Waals surface area (Å²) < 4.78 is 0. The molecule has 1 aromatic rings. The van der Waals surface area contributed by atoms with Gasteiger partial charge in [0.05, 0.1) is 5.69 Å². The molecule has 0 aliphatic carbocycles. The lowest BCUT2D eigenvalue weighted by Gasteiger charge is -2.23. The molecule has 0 fully saturated rings. The van der Waals surface area contributed by atoms with Gasteiger partial charge in [-0.1, -0.05) is 55.6 Å². The Bertz CT molecular complexity index is 435. The zero-order valence-corrected chi connectivity index (χ0v) is 13.0. The van der Waals surface area contributed by atoms with Crippen molar-refractivity contribution in [3.63, 3.8) is 0 Å². The van der Waals surface area contributed by atoms with Crippen LogP contribution in [0.15, 0.2) is 24.3 Å². The van der Waals surface area contributed by atoms with Crippen LogP contribution in [0.25, 0.3) is 0 Å². The molecule has 0 amide bonds. The van der Waals surface area contributed by atoms with Crippen LogP contribution in [0.3, 0.4) is 0 Å². The number of hydrogen-bond donors (Lipinski definition) is 2. The molecule has 0 aromatic heterocycles. The SMILES string of the molecule is CC[C@@H](CC(=O)C(Cl)Cl)[C@H](C)c1ccc(N(O)O)cc1. The minimum Gasteiger partial charge on any atom is -0.297 e. The fraction of sp³-hybridized carbons (Fsp3) is 0.500. The standard InChI is InChI=1S/C14H19Cl2NO3/c1-3-10(8-13(18)14(15)16)9(2)11-4-6-12(7-5-11)17(19)20/h4-7,9-10,14,19-20H,3,8H2,1-2H3/t9-,10-/m0/s1. The highest BCUT2D eigenvalue weighted by molar-refractivity contribution is 6.53. The summed E-state index contributed by atoms with van der Waals surface area (Å²) in [5.74, 6) is 0.129. The summed E-state index contributed by atoms with van der Waals surface area (Å²) in [6.07, 6.45) is 1.17. The molecule has 4 nitrogen and oxygen atoms in total. The van der Waals surface area contributed by atoms with E-state index in [1.54, 1.807) is 12.1 Å². The largest absolute Gasteiger partial charge is 0.297 e. The maximum Gasteiger partial charge on any atom is 0.165 e. The highest BCUT2D eigenvalue weighted by Gasteiger charge is 2.23. The molecule has 0 heterocycles. The highest BCUT2D eigenvalue weighted by Crippen LogP contribution is 2.31. The van der Waals surface area contributed by atoms with E-state index in [2.05, 4.69) is 0 Å². The third-order valence-electron chi connectivity index (χ3n) is 3.59. The topological polar surface area (TPSA) is 60.8 Å². The van der Waals surface area contributed by atoms with Crippen LogP contribution in [-0.4, -0.2) is 21.0 Å². The molecule has 2 atom stereocenters. The van der Waals surface area contributed by atoms with Crippen LogP contribution in [0.4, 0.5) is 5.69 Å². The van der Waals surface area contributed by atoms with E-state index in [4.69, 9.17) is 33.6 Å². The van der Waals surface area contributed by atoms with Gasteiger partial charge in [0, 0.05) is 6.42 Å². The van der Waals surface area contributed by atoms with Crippen molar-refractivity contribution in [1.29, 1.82) is 0 Å². The second kappa shape index (κ2) is 7.84. The van der Waals surface area contributed by atoms with Crippen LogP contribution in [0, 0.1) is 5.92 Å². The van der Waals surface area contributed by atoms with Gasteiger partial charge in [-0.25, -0.2) is 0 Å². The van der Waals surface area contributed by atoms with Gasteiger partial charge in [0.25, 0.3) is 0 Å². The smallest absolute Gasteiger partial charge is 0.165 e. The monoisotopic (exact) mass is 319 g/mol. The van der Waals surface area contributed by atoms with Crippen molar-refractivity contribution in [2.45, 2.75) is 37.4 Å². The van der Waals surface area contributed by atoms with Gasteiger partial charge in [0.1, 0.15) is 0 Å². The van der Waals surface area contributed by atoms with E-state index in [0.29, 0.717) is 6.42 Å². The highest BCUT2D eigenvalue weighted by atomic mass is 35.5. The molecule has 1 rings (SSSR count). The molecule has 0 saturated carbocycles. The number of rotatable bonds is 7. The first-order valence-corrected chi connectivity index (χ1v) is 7.32. The molecule has 0 aliphatic heterocycles. The molecule has 0 spiro atoms. The number of benzene rings is 1. The lowest BCUT2D eigenvalue weighted by atomic mass is 9.83. The lowest BCUT2D eigenvalue weighted by Crippen LogP contribution is -2.18. The summed E-state index contributed by atoms with van der Waals surface area (Å²) in [6.45, 7) is 4.05. The zero-order chi connectivity index (χ0) is 15.3. The molecular weight excluding hydrogens is 301 g/mol. The fourth-order valence-corrected chi connectivity index (χ4v) is 2.38. The summed E-state index contributed by atoms with van der Waals surface area (Å²) in [4.78, 5) is 10.7. The van der Waals surface area contributed by atoms with Gasteiger partial charge in [-0.2, -0.15) is 0 Å². The van der Waals surface area contributed by atoms with Crippen molar-refractivity contribution >= 4 is 34.7 Å². The van der Waals surface area contributed by atoms with Crippen molar-refractivity contribution in [3.8, 4) is 0 Å². The van der Waals surface area contributed by atoms with E-state index in [-0.39, 0.29) is 28.5 Å². The molecule has 112 valence electrons. The molecular formula is C14H19Cl2NO3. The first-order valence-electron chi connectivity index (χ1n) is 6.45. The Labute approximate surface area is 128 Å². The Morgan fingerprint density at radius 2 is 1.80 bits per heavy atom. The van der Waals surface area contributed by atoms with E-state index < -0.39 is 4.84 Å². The summed E-state index contributed by atoms with van der Waals surface area (Å²) >= 11 is 11.2. The van der Waals surface area contributed by atoms with Crippen LogP contribution in [0.1, 0.15) is 38.2 Å².